The van der Waals surface area contributed by atoms with Gasteiger partial charge in [-0.3, -0.25) is 78.0 Å². The molecular formula is C83H96ClF3N10O34P2S3+2. The monoisotopic (exact) mass is 2030 g/mol. The van der Waals surface area contributed by atoms with Gasteiger partial charge in [0.15, 0.2) is 48.7 Å². The number of carboxylic acid groups (broad SMARTS) is 1. The summed E-state index contributed by atoms with van der Waals surface area (Å²) < 4.78 is 72.5. The molecule has 21 N–H and O–H groups in total. The normalized spacial score (nSPS) is 23.4. The van der Waals surface area contributed by atoms with Crippen LogP contribution in [0.5, 0.6) is 34.5 Å². The fourth-order valence-electron chi connectivity index (χ4n) is 15.1. The Labute approximate surface area is 793 Å². The van der Waals surface area contributed by atoms with Crippen molar-refractivity contribution >= 4 is 156 Å². The van der Waals surface area contributed by atoms with E-state index >= 15 is 0 Å². The van der Waals surface area contributed by atoms with Crippen molar-refractivity contribution in [3.63, 3.8) is 0 Å². The average molecular weight is 2030 g/mol. The number of carbonyl (C=O) groups excluding carboxylic acids is 14. The Morgan fingerprint density at radius 2 is 1.07 bits per heavy atom. The number of nitrogens with two attached hydrogens (primary N) is 2. The zero-order valence-corrected chi connectivity index (χ0v) is 77.7. The van der Waals surface area contributed by atoms with E-state index in [1.54, 1.807) is 20.0 Å². The van der Waals surface area contributed by atoms with Crippen LogP contribution in [0.3, 0.4) is 0 Å². The molecule has 44 nitrogen and oxygen atoms in total. The molecule has 4 aromatic carbocycles. The third-order valence-electron chi connectivity index (χ3n) is 21.7. The zero-order valence-electron chi connectivity index (χ0n) is 73.4. The number of halogens is 4. The molecule has 14 atom stereocenters. The number of nitrogens with zero attached hydrogens (tertiary/aromatic N) is 5. The van der Waals surface area contributed by atoms with Crippen LogP contribution in [0, 0.1) is 0 Å². The van der Waals surface area contributed by atoms with Crippen LogP contribution in [-0.2, 0) is 101 Å². The van der Waals surface area contributed by atoms with Gasteiger partial charge < -0.3 is 106 Å². The van der Waals surface area contributed by atoms with Gasteiger partial charge in [-0.05, 0) is 48.9 Å². The van der Waals surface area contributed by atoms with Gasteiger partial charge in [-0.2, -0.15) is 18.3 Å². The Balaban J connectivity index is 0.000000259. The number of aromatic hydroxyl groups is 4. The van der Waals surface area contributed by atoms with Gasteiger partial charge >= 0.3 is 19.4 Å². The fourth-order valence-corrected chi connectivity index (χ4v) is 16.9. The minimum atomic E-state index is -5.08. The maximum atomic E-state index is 13.9. The molecule has 14 rings (SSSR count). The lowest BCUT2D eigenvalue weighted by molar-refractivity contribution is -0.427. The summed E-state index contributed by atoms with van der Waals surface area (Å²) in [5, 5.41) is 129. The number of methoxy groups -OCH3 is 2. The number of nitrogens with one attached hydrogen (secondary N) is 2. The number of phenols is 4. The number of aliphatic hydroxyl groups is 7. The standard InChI is InChI=1S/C34H36N4O13.C27H29NO11.C12H12N2O4S2.C7H9N3O3.C2HF3O2.CH4O.ClH.H2P2S/c1-14-29(43)17(35)10-24(50-14)51-19-12-34(48,20(13-39)36-37-21(40)8-9-38-22(41)6-7-23(38)42)11-16-26(19)33(47)28-27(31(16)45)30(44)15-4-3-5-18(49-2)25(15)32(28)46;1-10-22(31)13(28)6-17(38-10)39-15-8-27(36,16(30)9-29)7-12-19(15)26(35)21-20(24(12)33)23(32)11-4-3-5-14(37-2)18(11)25(21)34;15-10-4-5-11(16)14(10)18-12(17)6-8-19-20-9-3-1-2-7-13-9;8-9-5(11)3-4-10-6(12)1-2-7(10)13;3-2(4,5)1(6)7;1-2;;1-2-3/h3-7,14,17,19,24,29,39,43,45,47-48H,8-13,35H2,1-2H3,(H,37,40);3-5,10,13,15,17,22,29,31,33,35-36H,6-9,28H2,1-2H3;1-3,7H,4-6,8H2;1-2H,3-4,8H2,(H,9,11);(H,6,7);2H,1H3;1H;1H2/p+2/b36-20+;;;;;;;/t14?,17?,19-,24?,29?,34-;10?,13?,15-,17?,22?,27-;;;;;;/m00....../s1/i/hD. The Hall–Kier alpha value is -11.2. The van der Waals surface area contributed by atoms with E-state index in [-0.39, 0.29) is 144 Å². The molecule has 3 fully saturated rings. The van der Waals surface area contributed by atoms with E-state index in [2.05, 4.69) is 47.5 Å². The van der Waals surface area contributed by atoms with Crippen LogP contribution in [0.4, 0.5) is 13.2 Å². The molecule has 0 radical (unpaired) electrons. The van der Waals surface area contributed by atoms with E-state index in [0.29, 0.717) is 10.8 Å². The molecule has 5 aliphatic heterocycles. The zero-order chi connectivity index (χ0) is 101. The number of Topliss-reactive ketones (excluding diaryl/α,β-unsaturated/α-hetero) is 1. The minimum absolute atomic E-state index is 0. The number of fused-ring (bicyclic) bond motifs is 6. The molecule has 5 aromatic rings. The van der Waals surface area contributed by atoms with Gasteiger partial charge in [0.1, 0.15) is 57.3 Å². The van der Waals surface area contributed by atoms with Crippen molar-refractivity contribution in [2.24, 2.45) is 16.6 Å². The van der Waals surface area contributed by atoms with Crippen LogP contribution >= 0.6 is 49.9 Å². The van der Waals surface area contributed by atoms with Crippen LogP contribution in [0.2, 0.25) is 0 Å². The van der Waals surface area contributed by atoms with Gasteiger partial charge in [-0.25, -0.2) is 25.4 Å². The number of alkyl halides is 3. The molecule has 0 bridgehead atoms. The number of carboxylic acids is 1. The summed E-state index contributed by atoms with van der Waals surface area (Å²) in [7, 11) is 8.75. The molecule has 1 aromatic heterocycles. The number of ether oxygens (including phenoxy) is 6. The van der Waals surface area contributed by atoms with E-state index in [0.717, 1.165) is 34.1 Å². The summed E-state index contributed by atoms with van der Waals surface area (Å²) >= 11 is 4.31. The van der Waals surface area contributed by atoms with Crippen molar-refractivity contribution in [3.8, 4) is 34.5 Å². The van der Waals surface area contributed by atoms with Crippen molar-refractivity contribution < 1.29 is 185 Å². The highest BCUT2D eigenvalue weighted by atomic mass is 35.5. The van der Waals surface area contributed by atoms with E-state index in [1.807, 2.05) is 18.2 Å². The summed E-state index contributed by atoms with van der Waals surface area (Å²) in [6.07, 6.45) is -9.42. The van der Waals surface area contributed by atoms with Crippen LogP contribution in [-0.4, -0.2) is 296 Å². The largest absolute Gasteiger partial charge is 0.507 e. The Kier molecular flexibility index (Phi) is 39.8. The van der Waals surface area contributed by atoms with Crippen molar-refractivity contribution in [2.75, 3.05) is 53.4 Å². The maximum absolute atomic E-state index is 13.9. The van der Waals surface area contributed by atoms with Crippen LogP contribution < -0.4 is 37.6 Å². The van der Waals surface area contributed by atoms with Crippen molar-refractivity contribution in [3.05, 3.63) is 152 Å². The highest BCUT2D eigenvalue weighted by Crippen LogP contribution is 2.55. The molecule has 9 aliphatic rings. The van der Waals surface area contributed by atoms with Crippen LogP contribution in [0.15, 0.2) is 95.2 Å². The average Bonchev–Trinajstić information content (AvgIpc) is 0.908. The molecule has 3 saturated heterocycles. The molecule has 136 heavy (non-hydrogen) atoms. The third kappa shape index (κ3) is 25.8. The highest BCUT2D eigenvalue weighted by molar-refractivity contribution is 8.76. The Morgan fingerprint density at radius 3 is 1.45 bits per heavy atom. The topological polar surface area (TPSA) is 702 Å². The molecule has 0 spiro atoms. The van der Waals surface area contributed by atoms with E-state index in [4.69, 9.17) is 61.0 Å². The first kappa shape index (κ1) is 110. The molecule has 0 saturated carbocycles. The van der Waals surface area contributed by atoms with Gasteiger partial charge in [0, 0.05) is 166 Å². The number of aliphatic carboxylic acids is 1. The van der Waals surface area contributed by atoms with Crippen molar-refractivity contribution in [2.45, 2.75) is 168 Å². The first-order chi connectivity index (χ1) is 64.1. The lowest BCUT2D eigenvalue weighted by Crippen LogP contribution is -2.67. The second-order valence-electron chi connectivity index (χ2n) is 30.2. The number of carbonyl (C=O) groups is 15. The second-order valence-corrected chi connectivity index (χ2v) is 35.4. The van der Waals surface area contributed by atoms with Gasteiger partial charge in [0.2, 0.25) is 17.5 Å². The molecule has 6 heterocycles. The number of amides is 8. The van der Waals surface area contributed by atoms with Crippen molar-refractivity contribution in [1.82, 2.24) is 30.7 Å². The SMILES string of the molecule is CO.COc1cccc2c1C(=O)c1c(O)c3c(c(O)c1C2=O)C[C@@](O)(/C(CO)=N/NC(=O)CCN1C(=O)C=CC1=O)C[C@@H]3OC1CC(N)C(O)C(C)O1.COc1cccc2c1C(=O)c1c(O)c3c(c(O)c1C2=O)C[C@@](O)(C(=O)CO)C[C@@H]3OC1CC(N)C(O)C(C)O1.Cl.O=C(CCSSc1ccccn1)ON1C(=O)CCC1=O.O=C(O)C(F)(F)F.[2H][P+](P)=S.[NH3+]NC(=O)CCN1C(=O)C=CC1=O. The van der Waals surface area contributed by atoms with Gasteiger partial charge in [-0.15, -0.1) is 17.5 Å². The minimum Gasteiger partial charge on any atom is -0.507 e. The Morgan fingerprint density at radius 1 is 0.654 bits per heavy atom. The lowest BCUT2D eigenvalue weighted by Gasteiger charge is -2.43. The number of hydrogen-bond acceptors (Lipinski definition) is 40. The maximum Gasteiger partial charge on any atom is 0.490 e. The molecular weight excluding hydrogens is 1930 g/mol. The highest BCUT2D eigenvalue weighted by Gasteiger charge is 2.53. The van der Waals surface area contributed by atoms with Gasteiger partial charge in [-0.1, -0.05) is 41.1 Å². The molecule has 736 valence electrons. The smallest absolute Gasteiger partial charge is 0.490 e. The van der Waals surface area contributed by atoms with Crippen LogP contribution in [0.1, 0.15) is 170 Å². The molecule has 4 aliphatic carbocycles. The van der Waals surface area contributed by atoms with E-state index in [1.165, 1.54) is 84.4 Å². The number of quaternary nitrogens is 1. The summed E-state index contributed by atoms with van der Waals surface area (Å²) in [4.78, 5) is 190. The first-order valence-corrected chi connectivity index (χ1v) is 46.1. The number of aromatic nitrogens is 1. The second kappa shape index (κ2) is 49.2. The van der Waals surface area contributed by atoms with E-state index < -0.39 is 246 Å². The molecule has 8 amide bonds. The summed E-state index contributed by atoms with van der Waals surface area (Å²) in [5.74, 6) is -10.4. The van der Waals surface area contributed by atoms with E-state index in [9.17, 15) is 131 Å². The number of hydroxylamine groups is 2. The van der Waals surface area contributed by atoms with Gasteiger partial charge in [0.25, 0.3) is 41.4 Å². The number of aliphatic hydroxyl groups excluding tert-OH is 5. The lowest BCUT2D eigenvalue weighted by atomic mass is 9.71. The number of ketones is 5. The number of benzene rings is 4. The summed E-state index contributed by atoms with van der Waals surface area (Å²) in [5.41, 5.74) is 8.58. The fraction of sp³-hybridized carbons (Fsp3) is 0.410. The van der Waals surface area contributed by atoms with Crippen LogP contribution in [0.25, 0.3) is 0 Å². The predicted molar refractivity (Wildman–Crippen MR) is 475 cm³/mol. The number of imide groups is 3. The number of phenolic OH excluding ortho intramolecular Hbond substituents is 4. The number of rotatable bonds is 23. The predicted octanol–water partition coefficient (Wildman–Crippen LogP) is 0.195. The quantitative estimate of drug-likeness (QED) is 0.00773. The molecule has 53 heteroatoms. The number of hydrazone groups is 1. The Bertz CT molecular complexity index is 5540. The third-order valence-corrected chi connectivity index (χ3v) is 24.0. The number of pyridine rings is 1. The van der Waals surface area contributed by atoms with Crippen molar-refractivity contribution in [1.29, 1.82) is 1.28 Å². The summed E-state index contributed by atoms with van der Waals surface area (Å²) in [6, 6.07) is 12.7. The number of hydrogen-bond donors (Lipinski definition) is 17. The van der Waals surface area contributed by atoms with Gasteiger partial charge in [0.05, 0.1) is 112 Å². The first-order valence-electron chi connectivity index (χ1n) is 40.7. The molecule has 10 unspecified atom stereocenters. The summed E-state index contributed by atoms with van der Waals surface area (Å²) in [6.45, 7) is 0.166.